The predicted molar refractivity (Wildman–Crippen MR) is 155 cm³/mol. The second-order valence-electron chi connectivity index (χ2n) is 11.1. The molecule has 224 valence electrons. The van der Waals surface area contributed by atoms with E-state index in [2.05, 4.69) is 28.8 Å². The van der Waals surface area contributed by atoms with E-state index in [0.29, 0.717) is 55.7 Å². The van der Waals surface area contributed by atoms with Crippen molar-refractivity contribution in [1.29, 1.82) is 0 Å². The topological polar surface area (TPSA) is 99.7 Å². The highest BCUT2D eigenvalue weighted by atomic mass is 19.4. The Kier molecular flexibility index (Phi) is 13.3. The van der Waals surface area contributed by atoms with E-state index < -0.39 is 18.0 Å². The summed E-state index contributed by atoms with van der Waals surface area (Å²) >= 11 is 0. The molecule has 1 saturated heterocycles. The quantitative estimate of drug-likeness (QED) is 0.217. The lowest BCUT2D eigenvalue weighted by atomic mass is 9.90. The number of alkyl halides is 3. The molecule has 11 heteroatoms. The number of aryl methyl sites for hydroxylation is 1. The maximum atomic E-state index is 13.2. The molecule has 2 radical (unpaired) electrons. The van der Waals surface area contributed by atoms with Crippen LogP contribution in [0.1, 0.15) is 95.3 Å². The number of aliphatic imine (C=N–C) groups is 1. The van der Waals surface area contributed by atoms with Gasteiger partial charge in [0.15, 0.2) is 0 Å². The molecule has 0 bridgehead atoms. The molecular formula is C30H42BF3N4O3. The minimum atomic E-state index is -4.58. The third kappa shape index (κ3) is 11.1. The molecule has 2 atom stereocenters. The monoisotopic (exact) mass is 574 g/mol. The molecule has 3 rings (SSSR count). The fraction of sp³-hybridized carbons (Fsp3) is 0.600. The Bertz CT molecular complexity index is 1170. The minimum Gasteiger partial charge on any atom is -0.478 e. The van der Waals surface area contributed by atoms with Gasteiger partial charge >= 0.3 is 6.18 Å². The van der Waals surface area contributed by atoms with E-state index >= 15 is 0 Å². The molecule has 2 N–H and O–H groups in total. The van der Waals surface area contributed by atoms with Gasteiger partial charge in [-0.3, -0.25) is 4.79 Å². The third-order valence-electron chi connectivity index (χ3n) is 6.49. The number of ether oxygens (including phenoxy) is 2. The van der Waals surface area contributed by atoms with Gasteiger partial charge in [0.1, 0.15) is 25.5 Å². The van der Waals surface area contributed by atoms with Crippen molar-refractivity contribution < 1.29 is 27.4 Å². The SMILES string of the molecule is CC(C)CCC(CC(C)C)C(=O)N=C(N)c1ccc(C(F)(F)F)nc1C1CCCO1.[B]c1cnc(OCC)c(C)c1. The van der Waals surface area contributed by atoms with Crippen LogP contribution in [0.2, 0.25) is 0 Å². The summed E-state index contributed by atoms with van der Waals surface area (Å²) in [6.07, 6.45) is -0.0108. The fourth-order valence-corrected chi connectivity index (χ4v) is 4.48. The summed E-state index contributed by atoms with van der Waals surface area (Å²) in [5, 5.41) is 0. The maximum Gasteiger partial charge on any atom is 0.433 e. The number of nitrogens with two attached hydrogens (primary N) is 1. The average molecular weight is 574 g/mol. The Morgan fingerprint density at radius 1 is 1.22 bits per heavy atom. The van der Waals surface area contributed by atoms with Crippen LogP contribution in [0, 0.1) is 24.7 Å². The predicted octanol–water partition coefficient (Wildman–Crippen LogP) is 5.86. The summed E-state index contributed by atoms with van der Waals surface area (Å²) < 4.78 is 50.2. The molecule has 1 amide bonds. The number of carbonyl (C=O) groups is 1. The third-order valence-corrected chi connectivity index (χ3v) is 6.49. The number of hydrogen-bond donors (Lipinski definition) is 1. The number of amides is 1. The van der Waals surface area contributed by atoms with Gasteiger partial charge < -0.3 is 15.2 Å². The van der Waals surface area contributed by atoms with Gasteiger partial charge in [-0.2, -0.15) is 18.2 Å². The molecule has 0 aromatic carbocycles. The van der Waals surface area contributed by atoms with Crippen LogP contribution in [0.3, 0.4) is 0 Å². The van der Waals surface area contributed by atoms with Crippen molar-refractivity contribution in [1.82, 2.24) is 9.97 Å². The van der Waals surface area contributed by atoms with Crippen LogP contribution < -0.4 is 15.9 Å². The summed E-state index contributed by atoms with van der Waals surface area (Å²) in [5.41, 5.74) is 7.07. The first kappa shape index (κ1) is 34.3. The van der Waals surface area contributed by atoms with Crippen LogP contribution in [0.5, 0.6) is 5.88 Å². The number of hydrogen-bond acceptors (Lipinski definition) is 5. The van der Waals surface area contributed by atoms with Gasteiger partial charge in [-0.1, -0.05) is 45.6 Å². The number of pyridine rings is 2. The standard InChI is InChI=1S/C22H32F3N3O2.C8H10BNO/c1-13(2)7-8-15(12-14(3)4)21(29)28-20(26)16-9-10-18(22(23,24)25)27-19(16)17-6-5-11-30-17;1-3-11-8-6(2)4-7(9)5-10-8/h9-10,13-15,17H,5-8,11-12H2,1-4H3,(H2,26,28,29);4-5H,3H2,1-2H3. The largest absolute Gasteiger partial charge is 0.478 e. The number of rotatable bonds is 10. The van der Waals surface area contributed by atoms with Crippen molar-refractivity contribution in [2.45, 2.75) is 85.9 Å². The fourth-order valence-electron chi connectivity index (χ4n) is 4.48. The Morgan fingerprint density at radius 3 is 2.46 bits per heavy atom. The van der Waals surface area contributed by atoms with Crippen LogP contribution >= 0.6 is 0 Å². The molecule has 1 fully saturated rings. The van der Waals surface area contributed by atoms with E-state index in [1.807, 2.05) is 33.8 Å². The first-order chi connectivity index (χ1) is 19.2. The molecular weight excluding hydrogens is 532 g/mol. The van der Waals surface area contributed by atoms with Crippen molar-refractivity contribution >= 4 is 25.1 Å². The molecule has 1 aliphatic rings. The number of aromatic nitrogens is 2. The Hall–Kier alpha value is -2.95. The summed E-state index contributed by atoms with van der Waals surface area (Å²) in [4.78, 5) is 24.7. The first-order valence-corrected chi connectivity index (χ1v) is 14.2. The molecule has 41 heavy (non-hydrogen) atoms. The zero-order valence-electron chi connectivity index (χ0n) is 24.9. The molecule has 2 aromatic rings. The first-order valence-electron chi connectivity index (χ1n) is 14.2. The van der Waals surface area contributed by atoms with Crippen molar-refractivity contribution in [3.8, 4) is 5.88 Å². The lowest BCUT2D eigenvalue weighted by Gasteiger charge is -2.18. The van der Waals surface area contributed by atoms with E-state index in [1.54, 1.807) is 6.20 Å². The second kappa shape index (κ2) is 15.9. The molecule has 1 aliphatic heterocycles. The molecule has 0 spiro atoms. The smallest absolute Gasteiger partial charge is 0.433 e. The van der Waals surface area contributed by atoms with Crippen molar-refractivity contribution in [2.24, 2.45) is 28.5 Å². The van der Waals surface area contributed by atoms with E-state index in [0.717, 1.165) is 24.5 Å². The van der Waals surface area contributed by atoms with Crippen LogP contribution in [-0.2, 0) is 15.7 Å². The average Bonchev–Trinajstić information content (AvgIpc) is 3.42. The van der Waals surface area contributed by atoms with E-state index in [4.69, 9.17) is 23.1 Å². The van der Waals surface area contributed by atoms with Crippen LogP contribution in [-0.4, -0.2) is 42.8 Å². The van der Waals surface area contributed by atoms with Gasteiger partial charge in [-0.15, -0.1) is 0 Å². The van der Waals surface area contributed by atoms with Gasteiger partial charge in [0.25, 0.3) is 5.91 Å². The van der Waals surface area contributed by atoms with Gasteiger partial charge in [0, 0.05) is 29.8 Å². The number of carbonyl (C=O) groups excluding carboxylic acids is 1. The van der Waals surface area contributed by atoms with Crippen molar-refractivity contribution in [3.05, 3.63) is 46.9 Å². The molecule has 7 nitrogen and oxygen atoms in total. The molecule has 0 saturated carbocycles. The lowest BCUT2D eigenvalue weighted by Crippen LogP contribution is -2.24. The summed E-state index contributed by atoms with van der Waals surface area (Å²) in [7, 11) is 5.51. The maximum absolute atomic E-state index is 13.2. The summed E-state index contributed by atoms with van der Waals surface area (Å²) in [5.74, 6) is 0.739. The van der Waals surface area contributed by atoms with Crippen LogP contribution in [0.25, 0.3) is 0 Å². The van der Waals surface area contributed by atoms with Crippen molar-refractivity contribution in [3.63, 3.8) is 0 Å². The molecule has 2 unspecified atom stereocenters. The highest BCUT2D eigenvalue weighted by Gasteiger charge is 2.35. The number of amidine groups is 1. The minimum absolute atomic E-state index is 0.0963. The molecule has 3 heterocycles. The van der Waals surface area contributed by atoms with Crippen LogP contribution in [0.4, 0.5) is 13.2 Å². The zero-order valence-corrected chi connectivity index (χ0v) is 24.9. The Morgan fingerprint density at radius 2 is 1.93 bits per heavy atom. The van der Waals surface area contributed by atoms with Gasteiger partial charge in [-0.25, -0.2) is 9.97 Å². The molecule has 0 aliphatic carbocycles. The van der Waals surface area contributed by atoms with E-state index in [9.17, 15) is 18.0 Å². The van der Waals surface area contributed by atoms with Gasteiger partial charge in [0.05, 0.1) is 12.3 Å². The second-order valence-corrected chi connectivity index (χ2v) is 11.1. The van der Waals surface area contributed by atoms with Gasteiger partial charge in [0.2, 0.25) is 5.88 Å². The Balaban J connectivity index is 0.000000446. The number of halogens is 3. The summed E-state index contributed by atoms with van der Waals surface area (Å²) in [6.45, 7) is 13.2. The highest BCUT2D eigenvalue weighted by molar-refractivity contribution is 6.32. The van der Waals surface area contributed by atoms with Crippen molar-refractivity contribution in [2.75, 3.05) is 13.2 Å². The zero-order chi connectivity index (χ0) is 30.7. The van der Waals surface area contributed by atoms with Crippen LogP contribution in [0.15, 0.2) is 29.4 Å². The van der Waals surface area contributed by atoms with E-state index in [1.165, 1.54) is 6.07 Å². The number of nitrogens with zero attached hydrogens (tertiary/aromatic N) is 3. The normalized spacial score (nSPS) is 16.5. The lowest BCUT2D eigenvalue weighted by molar-refractivity contribution is -0.141. The highest BCUT2D eigenvalue weighted by Crippen LogP contribution is 2.34. The summed E-state index contributed by atoms with van der Waals surface area (Å²) in [6, 6.07) is 3.95. The van der Waals surface area contributed by atoms with E-state index in [-0.39, 0.29) is 28.9 Å². The Labute approximate surface area is 242 Å². The van der Waals surface area contributed by atoms with Gasteiger partial charge in [-0.05, 0) is 63.5 Å². The molecule has 2 aromatic heterocycles.